The van der Waals surface area contributed by atoms with E-state index in [0.717, 1.165) is 11.6 Å². The standard InChI is InChI=1S/C18H15NO6/c20-14-10-12(18(22)23)3-4-13(14)19-17(21)6-2-11-1-5-15-16(9-11)25-8-7-24-15/h1-6,9-10,20H,7-8H2,(H,19,21)(H,22,23)/b6-2-. The molecule has 0 aromatic heterocycles. The highest BCUT2D eigenvalue weighted by atomic mass is 16.6. The molecule has 1 amide bonds. The van der Waals surface area contributed by atoms with Crippen LogP contribution in [0.1, 0.15) is 15.9 Å². The molecule has 0 radical (unpaired) electrons. The molecule has 0 spiro atoms. The molecule has 0 fully saturated rings. The second kappa shape index (κ2) is 6.96. The summed E-state index contributed by atoms with van der Waals surface area (Å²) in [7, 11) is 0. The third kappa shape index (κ3) is 3.89. The van der Waals surface area contributed by atoms with E-state index in [2.05, 4.69) is 5.32 Å². The van der Waals surface area contributed by atoms with Crippen LogP contribution < -0.4 is 14.8 Å². The zero-order chi connectivity index (χ0) is 17.8. The molecule has 0 saturated heterocycles. The van der Waals surface area contributed by atoms with Gasteiger partial charge in [0.15, 0.2) is 11.5 Å². The van der Waals surface area contributed by atoms with Crippen molar-refractivity contribution >= 4 is 23.6 Å². The van der Waals surface area contributed by atoms with E-state index in [4.69, 9.17) is 14.6 Å². The van der Waals surface area contributed by atoms with E-state index < -0.39 is 11.9 Å². The third-order valence-electron chi connectivity index (χ3n) is 3.50. The summed E-state index contributed by atoms with van der Waals surface area (Å²) in [4.78, 5) is 22.8. The number of nitrogens with one attached hydrogen (secondary N) is 1. The van der Waals surface area contributed by atoms with E-state index in [9.17, 15) is 14.7 Å². The maximum absolute atomic E-state index is 12.0. The lowest BCUT2D eigenvalue weighted by Crippen LogP contribution is -2.15. The van der Waals surface area contributed by atoms with Gasteiger partial charge < -0.3 is 25.0 Å². The Labute approximate surface area is 143 Å². The van der Waals surface area contributed by atoms with Crippen molar-refractivity contribution in [1.29, 1.82) is 0 Å². The molecule has 128 valence electrons. The summed E-state index contributed by atoms with van der Waals surface area (Å²) in [6.07, 6.45) is 2.90. The first-order valence-corrected chi connectivity index (χ1v) is 7.48. The number of fused-ring (bicyclic) bond motifs is 1. The molecule has 7 nitrogen and oxygen atoms in total. The van der Waals surface area contributed by atoms with Gasteiger partial charge in [0.1, 0.15) is 19.0 Å². The lowest BCUT2D eigenvalue weighted by atomic mass is 10.1. The van der Waals surface area contributed by atoms with Gasteiger partial charge in [-0.25, -0.2) is 4.79 Å². The quantitative estimate of drug-likeness (QED) is 0.583. The molecule has 1 aliphatic heterocycles. The highest BCUT2D eigenvalue weighted by molar-refractivity contribution is 6.03. The molecule has 7 heteroatoms. The van der Waals surface area contributed by atoms with Crippen molar-refractivity contribution in [3.8, 4) is 17.2 Å². The number of carboxylic acid groups (broad SMARTS) is 1. The fraction of sp³-hybridized carbons (Fsp3) is 0.111. The number of carboxylic acids is 1. The minimum absolute atomic E-state index is 0.0673. The molecule has 3 rings (SSSR count). The van der Waals surface area contributed by atoms with Crippen LogP contribution in [-0.4, -0.2) is 35.3 Å². The Balaban J connectivity index is 1.68. The lowest BCUT2D eigenvalue weighted by Gasteiger charge is -2.18. The molecule has 1 heterocycles. The summed E-state index contributed by atoms with van der Waals surface area (Å²) in [6.45, 7) is 0.987. The second-order valence-corrected chi connectivity index (χ2v) is 5.26. The summed E-state index contributed by atoms with van der Waals surface area (Å²) in [5.74, 6) is -0.659. The van der Waals surface area contributed by atoms with Crippen LogP contribution in [0.4, 0.5) is 5.69 Å². The van der Waals surface area contributed by atoms with Gasteiger partial charge in [0.05, 0.1) is 11.3 Å². The van der Waals surface area contributed by atoms with E-state index in [1.165, 1.54) is 18.2 Å². The van der Waals surface area contributed by atoms with Crippen molar-refractivity contribution in [2.24, 2.45) is 0 Å². The van der Waals surface area contributed by atoms with Crippen molar-refractivity contribution in [3.05, 3.63) is 53.6 Å². The average molecular weight is 341 g/mol. The van der Waals surface area contributed by atoms with Gasteiger partial charge in [-0.05, 0) is 42.0 Å². The highest BCUT2D eigenvalue weighted by Gasteiger charge is 2.11. The number of ether oxygens (including phenoxy) is 2. The van der Waals surface area contributed by atoms with Gasteiger partial charge in [0, 0.05) is 6.08 Å². The van der Waals surface area contributed by atoms with Crippen LogP contribution in [0.5, 0.6) is 17.2 Å². The van der Waals surface area contributed by atoms with E-state index in [0.29, 0.717) is 24.7 Å². The highest BCUT2D eigenvalue weighted by Crippen LogP contribution is 2.31. The number of rotatable bonds is 4. The van der Waals surface area contributed by atoms with Crippen LogP contribution in [0.15, 0.2) is 42.5 Å². The maximum atomic E-state index is 12.0. The van der Waals surface area contributed by atoms with Crippen LogP contribution in [0.25, 0.3) is 6.08 Å². The summed E-state index contributed by atoms with van der Waals surface area (Å²) in [5.41, 5.74) is 0.814. The number of benzene rings is 2. The van der Waals surface area contributed by atoms with Crippen molar-refractivity contribution in [2.45, 2.75) is 0 Å². The Morgan fingerprint density at radius 2 is 1.80 bits per heavy atom. The average Bonchev–Trinajstić information content (AvgIpc) is 2.61. The van der Waals surface area contributed by atoms with Gasteiger partial charge in [-0.15, -0.1) is 0 Å². The lowest BCUT2D eigenvalue weighted by molar-refractivity contribution is -0.111. The van der Waals surface area contributed by atoms with E-state index >= 15 is 0 Å². The minimum atomic E-state index is -1.16. The number of aromatic carboxylic acids is 1. The molecule has 0 unspecified atom stereocenters. The number of hydrogen-bond donors (Lipinski definition) is 3. The Bertz CT molecular complexity index is 859. The largest absolute Gasteiger partial charge is 0.506 e. The number of amides is 1. The molecule has 0 saturated carbocycles. The number of carbonyl (C=O) groups excluding carboxylic acids is 1. The summed E-state index contributed by atoms with van der Waals surface area (Å²) >= 11 is 0. The third-order valence-corrected chi connectivity index (χ3v) is 3.50. The normalized spacial score (nSPS) is 12.8. The van der Waals surface area contributed by atoms with Gasteiger partial charge >= 0.3 is 5.97 Å². The number of phenolic OH excluding ortho intramolecular Hbond substituents is 1. The molecule has 2 aromatic rings. The van der Waals surface area contributed by atoms with Crippen LogP contribution >= 0.6 is 0 Å². The number of anilines is 1. The van der Waals surface area contributed by atoms with Crippen molar-refractivity contribution in [2.75, 3.05) is 18.5 Å². The first-order chi connectivity index (χ1) is 12.0. The monoisotopic (exact) mass is 341 g/mol. The predicted molar refractivity (Wildman–Crippen MR) is 90.2 cm³/mol. The van der Waals surface area contributed by atoms with Crippen LogP contribution in [-0.2, 0) is 4.79 Å². The van der Waals surface area contributed by atoms with Gasteiger partial charge in [-0.3, -0.25) is 4.79 Å². The van der Waals surface area contributed by atoms with Gasteiger partial charge in [0.2, 0.25) is 5.91 Å². The molecule has 1 aliphatic rings. The molecule has 0 bridgehead atoms. The van der Waals surface area contributed by atoms with E-state index in [1.54, 1.807) is 24.3 Å². The minimum Gasteiger partial charge on any atom is -0.506 e. The Kier molecular flexibility index (Phi) is 4.56. The molecular formula is C18H15NO6. The van der Waals surface area contributed by atoms with Crippen molar-refractivity contribution in [3.63, 3.8) is 0 Å². The maximum Gasteiger partial charge on any atom is 0.335 e. The molecule has 3 N–H and O–H groups in total. The number of phenols is 1. The fourth-order valence-corrected chi connectivity index (χ4v) is 2.28. The molecular weight excluding hydrogens is 326 g/mol. The Morgan fingerprint density at radius 1 is 1.04 bits per heavy atom. The van der Waals surface area contributed by atoms with Crippen molar-refractivity contribution < 1.29 is 29.3 Å². The summed E-state index contributed by atoms with van der Waals surface area (Å²) in [6, 6.07) is 9.01. The predicted octanol–water partition coefficient (Wildman–Crippen LogP) is 2.51. The zero-order valence-electron chi connectivity index (χ0n) is 13.1. The molecule has 2 aromatic carbocycles. The number of aromatic hydroxyl groups is 1. The Hall–Kier alpha value is -3.48. The SMILES string of the molecule is O=C(/C=C\c1ccc2c(c1)OCCO2)Nc1ccc(C(=O)O)cc1O. The molecule has 0 atom stereocenters. The van der Waals surface area contributed by atoms with Crippen LogP contribution in [0.2, 0.25) is 0 Å². The fourth-order valence-electron chi connectivity index (χ4n) is 2.28. The molecule has 25 heavy (non-hydrogen) atoms. The van der Waals surface area contributed by atoms with E-state index in [1.807, 2.05) is 0 Å². The molecule has 0 aliphatic carbocycles. The summed E-state index contributed by atoms with van der Waals surface area (Å²) in [5, 5.41) is 21.1. The topological polar surface area (TPSA) is 105 Å². The Morgan fingerprint density at radius 3 is 2.52 bits per heavy atom. The van der Waals surface area contributed by atoms with Crippen molar-refractivity contribution in [1.82, 2.24) is 0 Å². The first-order valence-electron chi connectivity index (χ1n) is 7.48. The zero-order valence-corrected chi connectivity index (χ0v) is 13.1. The summed E-state index contributed by atoms with van der Waals surface area (Å²) < 4.78 is 10.9. The van der Waals surface area contributed by atoms with Gasteiger partial charge in [-0.2, -0.15) is 0 Å². The van der Waals surface area contributed by atoms with Gasteiger partial charge in [-0.1, -0.05) is 6.07 Å². The van der Waals surface area contributed by atoms with Crippen LogP contribution in [0.3, 0.4) is 0 Å². The number of carbonyl (C=O) groups is 2. The first kappa shape index (κ1) is 16.4. The van der Waals surface area contributed by atoms with E-state index in [-0.39, 0.29) is 17.0 Å². The van der Waals surface area contributed by atoms with Crippen LogP contribution in [0, 0.1) is 0 Å². The smallest absolute Gasteiger partial charge is 0.335 e. The second-order valence-electron chi connectivity index (χ2n) is 5.26. The number of hydrogen-bond acceptors (Lipinski definition) is 5. The van der Waals surface area contributed by atoms with Gasteiger partial charge in [0.25, 0.3) is 0 Å².